The zero-order chi connectivity index (χ0) is 31.6. The van der Waals surface area contributed by atoms with Crippen molar-refractivity contribution < 1.29 is 0 Å². The summed E-state index contributed by atoms with van der Waals surface area (Å²) >= 11 is 1.84. The Labute approximate surface area is 281 Å². The molecule has 0 amide bonds. The lowest BCUT2D eigenvalue weighted by Gasteiger charge is -2.13. The summed E-state index contributed by atoms with van der Waals surface area (Å²) in [6, 6.07) is 44.3. The van der Waals surface area contributed by atoms with Gasteiger partial charge in [-0.05, 0) is 83.0 Å². The second-order valence-electron chi connectivity index (χ2n) is 12.5. The van der Waals surface area contributed by atoms with Crippen molar-refractivity contribution in [3.63, 3.8) is 0 Å². The van der Waals surface area contributed by atoms with Crippen LogP contribution in [-0.4, -0.2) is 14.5 Å². The Hall–Kier alpha value is -5.84. The Bertz CT molecular complexity index is 2760. The highest BCUT2D eigenvalue weighted by Gasteiger charge is 2.23. The van der Waals surface area contributed by atoms with E-state index in [0.717, 1.165) is 29.7 Å². The zero-order valence-corrected chi connectivity index (χ0v) is 26.9. The normalized spacial score (nSPS) is 13.3. The maximum absolute atomic E-state index is 4.80. The Morgan fingerprint density at radius 1 is 0.604 bits per heavy atom. The number of rotatable bonds is 4. The van der Waals surface area contributed by atoms with Crippen molar-refractivity contribution in [2.24, 2.45) is 0 Å². The molecule has 0 atom stereocenters. The molecule has 3 heterocycles. The SMILES string of the molecule is C1=CCCC(c2ccc3c(c2)c2c4c(sc5ccc(-c6ccccc6)cc54)c(-c4ncccn4)cc2n3-c2cccc3ccccc23)=C1. The van der Waals surface area contributed by atoms with E-state index in [1.165, 1.54) is 75.2 Å². The number of aromatic nitrogens is 3. The van der Waals surface area contributed by atoms with Crippen LogP contribution in [0.25, 0.3) is 86.5 Å². The van der Waals surface area contributed by atoms with E-state index in [4.69, 9.17) is 9.97 Å². The molecule has 1 aliphatic rings. The van der Waals surface area contributed by atoms with Crippen LogP contribution in [0, 0.1) is 0 Å². The summed E-state index contributed by atoms with van der Waals surface area (Å²) in [6.07, 6.45) is 12.6. The predicted molar refractivity (Wildman–Crippen MR) is 204 cm³/mol. The van der Waals surface area contributed by atoms with Crippen molar-refractivity contribution >= 4 is 69.7 Å². The predicted octanol–water partition coefficient (Wildman–Crippen LogP) is 12.2. The largest absolute Gasteiger partial charge is 0.309 e. The van der Waals surface area contributed by atoms with Gasteiger partial charge < -0.3 is 4.57 Å². The number of hydrogen-bond donors (Lipinski definition) is 0. The summed E-state index contributed by atoms with van der Waals surface area (Å²) in [6.45, 7) is 0. The van der Waals surface area contributed by atoms with E-state index in [0.29, 0.717) is 0 Å². The fourth-order valence-electron chi connectivity index (χ4n) is 7.57. The number of nitrogens with zero attached hydrogens (tertiary/aromatic N) is 3. The lowest BCUT2D eigenvalue weighted by atomic mass is 9.95. The number of benzene rings is 6. The molecule has 0 fully saturated rings. The van der Waals surface area contributed by atoms with E-state index >= 15 is 0 Å². The number of fused-ring (bicyclic) bond motifs is 8. The van der Waals surface area contributed by atoms with E-state index in [9.17, 15) is 0 Å². The standard InChI is InChI=1S/C44H29N3S/c1-3-11-28(12-4-1)31-19-21-38-34(25-31)41-39(47(38)37-18-9-16-30-15-7-8-17-33(30)37)27-36(44-45-23-10-24-46-44)43-42(41)35-26-32(20-22-40(35)48-43)29-13-5-2-6-14-29/h1-3,5-11,13-27H,4,12H2. The zero-order valence-electron chi connectivity index (χ0n) is 26.1. The van der Waals surface area contributed by atoms with Crippen molar-refractivity contribution in [3.8, 4) is 28.2 Å². The Balaban J connectivity index is 1.42. The number of thiophene rings is 1. The van der Waals surface area contributed by atoms with Crippen LogP contribution < -0.4 is 0 Å². The minimum Gasteiger partial charge on any atom is -0.309 e. The first kappa shape index (κ1) is 27.3. The second-order valence-corrected chi connectivity index (χ2v) is 13.6. The van der Waals surface area contributed by atoms with Crippen LogP contribution in [0.1, 0.15) is 18.4 Å². The van der Waals surface area contributed by atoms with Crippen molar-refractivity contribution in [2.75, 3.05) is 0 Å². The smallest absolute Gasteiger partial charge is 0.160 e. The quantitative estimate of drug-likeness (QED) is 0.193. The van der Waals surface area contributed by atoms with Gasteiger partial charge in [-0.2, -0.15) is 0 Å². The van der Waals surface area contributed by atoms with Gasteiger partial charge in [-0.15, -0.1) is 11.3 Å². The minimum absolute atomic E-state index is 0.744. The summed E-state index contributed by atoms with van der Waals surface area (Å²) in [5.41, 5.74) is 9.70. The first-order chi connectivity index (χ1) is 23.8. The third-order valence-electron chi connectivity index (χ3n) is 9.77. The average molecular weight is 632 g/mol. The minimum atomic E-state index is 0.744. The molecule has 3 nitrogen and oxygen atoms in total. The molecule has 0 spiro atoms. The van der Waals surface area contributed by atoms with Gasteiger partial charge in [0.25, 0.3) is 0 Å². The van der Waals surface area contributed by atoms with Crippen LogP contribution in [0.2, 0.25) is 0 Å². The first-order valence-electron chi connectivity index (χ1n) is 16.5. The van der Waals surface area contributed by atoms with E-state index in [1.807, 2.05) is 29.8 Å². The van der Waals surface area contributed by atoms with Crippen molar-refractivity contribution in [3.05, 3.63) is 158 Å². The van der Waals surface area contributed by atoms with E-state index in [-0.39, 0.29) is 0 Å². The monoisotopic (exact) mass is 631 g/mol. The van der Waals surface area contributed by atoms with Crippen LogP contribution in [0.5, 0.6) is 0 Å². The van der Waals surface area contributed by atoms with Gasteiger partial charge in [-0.3, -0.25) is 0 Å². The second kappa shape index (κ2) is 10.9. The molecule has 0 bridgehead atoms. The molecule has 3 aromatic heterocycles. The maximum atomic E-state index is 4.80. The molecule has 0 unspecified atom stereocenters. The molecular weight excluding hydrogens is 603 g/mol. The molecule has 0 saturated carbocycles. The number of allylic oxidation sites excluding steroid dienone is 4. The summed E-state index contributed by atoms with van der Waals surface area (Å²) in [7, 11) is 0. The van der Waals surface area contributed by atoms with Crippen LogP contribution in [-0.2, 0) is 0 Å². The molecule has 226 valence electrons. The molecule has 48 heavy (non-hydrogen) atoms. The van der Waals surface area contributed by atoms with E-state index < -0.39 is 0 Å². The fraction of sp³-hybridized carbons (Fsp3) is 0.0455. The van der Waals surface area contributed by atoms with Crippen LogP contribution in [0.15, 0.2) is 152 Å². The van der Waals surface area contributed by atoms with Gasteiger partial charge >= 0.3 is 0 Å². The van der Waals surface area contributed by atoms with Gasteiger partial charge in [0.05, 0.1) is 16.7 Å². The fourth-order valence-corrected chi connectivity index (χ4v) is 8.77. The molecule has 0 N–H and O–H groups in total. The molecule has 9 aromatic rings. The molecule has 0 saturated heterocycles. The topological polar surface area (TPSA) is 30.7 Å². The van der Waals surface area contributed by atoms with Crippen LogP contribution in [0.4, 0.5) is 0 Å². The molecule has 0 aliphatic heterocycles. The number of hydrogen-bond acceptors (Lipinski definition) is 3. The summed E-state index contributed by atoms with van der Waals surface area (Å²) < 4.78 is 4.95. The van der Waals surface area contributed by atoms with Gasteiger partial charge in [0.2, 0.25) is 0 Å². The van der Waals surface area contributed by atoms with Gasteiger partial charge in [-0.1, -0.05) is 97.1 Å². The highest BCUT2D eigenvalue weighted by molar-refractivity contribution is 7.26. The van der Waals surface area contributed by atoms with Crippen LogP contribution in [0.3, 0.4) is 0 Å². The molecule has 6 aromatic carbocycles. The molecule has 10 rings (SSSR count). The third-order valence-corrected chi connectivity index (χ3v) is 11.0. The van der Waals surface area contributed by atoms with Gasteiger partial charge in [0.15, 0.2) is 5.82 Å². The van der Waals surface area contributed by atoms with E-state index in [1.54, 1.807) is 0 Å². The van der Waals surface area contributed by atoms with Gasteiger partial charge in [0.1, 0.15) is 0 Å². The van der Waals surface area contributed by atoms with Crippen molar-refractivity contribution in [2.45, 2.75) is 12.8 Å². The lowest BCUT2D eigenvalue weighted by Crippen LogP contribution is -1.96. The molecule has 4 heteroatoms. The molecule has 0 radical (unpaired) electrons. The first-order valence-corrected chi connectivity index (χ1v) is 17.3. The van der Waals surface area contributed by atoms with Gasteiger partial charge in [0, 0.05) is 54.3 Å². The highest BCUT2D eigenvalue weighted by atomic mass is 32.1. The van der Waals surface area contributed by atoms with E-state index in [2.05, 4.69) is 138 Å². The Kier molecular flexibility index (Phi) is 6.18. The lowest BCUT2D eigenvalue weighted by molar-refractivity contribution is 1.05. The van der Waals surface area contributed by atoms with Gasteiger partial charge in [-0.25, -0.2) is 9.97 Å². The van der Waals surface area contributed by atoms with Crippen molar-refractivity contribution in [1.82, 2.24) is 14.5 Å². The molecule has 1 aliphatic carbocycles. The highest BCUT2D eigenvalue weighted by Crippen LogP contribution is 2.48. The maximum Gasteiger partial charge on any atom is 0.160 e. The Morgan fingerprint density at radius 2 is 1.42 bits per heavy atom. The van der Waals surface area contributed by atoms with Crippen LogP contribution >= 0.6 is 11.3 Å². The summed E-state index contributed by atoms with van der Waals surface area (Å²) in [5.74, 6) is 0.744. The Morgan fingerprint density at radius 3 is 2.29 bits per heavy atom. The van der Waals surface area contributed by atoms with Crippen molar-refractivity contribution in [1.29, 1.82) is 0 Å². The average Bonchev–Trinajstić information content (AvgIpc) is 3.70. The molecular formula is C44H29N3S. The summed E-state index contributed by atoms with van der Waals surface area (Å²) in [5, 5.41) is 7.52. The third kappa shape index (κ3) is 4.20. The summed E-state index contributed by atoms with van der Waals surface area (Å²) in [4.78, 5) is 9.59.